The van der Waals surface area contributed by atoms with Gasteiger partial charge in [0.2, 0.25) is 0 Å². The number of para-hydroxylation sites is 1. The molecule has 0 saturated carbocycles. The quantitative estimate of drug-likeness (QED) is 0.257. The third-order valence-corrected chi connectivity index (χ3v) is 6.99. The van der Waals surface area contributed by atoms with Gasteiger partial charge in [-0.05, 0) is 89.2 Å². The summed E-state index contributed by atoms with van der Waals surface area (Å²) in [5, 5.41) is 5.85. The van der Waals surface area contributed by atoms with Crippen molar-refractivity contribution in [2.45, 2.75) is 20.3 Å². The molecule has 0 atom stereocenters. The Morgan fingerprint density at radius 2 is 1.32 bits per heavy atom. The normalized spacial score (nSPS) is 11.5. The third-order valence-electron chi connectivity index (χ3n) is 6.99. The first-order valence-corrected chi connectivity index (χ1v) is 12.9. The van der Waals surface area contributed by atoms with Crippen molar-refractivity contribution in [1.82, 2.24) is 0 Å². The van der Waals surface area contributed by atoms with Crippen LogP contribution in [0.3, 0.4) is 0 Å². The molecule has 0 aliphatic heterocycles. The summed E-state index contributed by atoms with van der Waals surface area (Å²) in [7, 11) is 0. The molecule has 2 nitrogen and oxygen atoms in total. The molecule has 5 aromatic carbocycles. The summed E-state index contributed by atoms with van der Waals surface area (Å²) in [6, 6.07) is 38.5. The molecule has 6 aromatic rings. The zero-order chi connectivity index (χ0) is 25.2. The number of furan rings is 1. The summed E-state index contributed by atoms with van der Waals surface area (Å²) in [6.07, 6.45) is 5.36. The van der Waals surface area contributed by atoms with Crippen LogP contribution in [0, 0.1) is 0 Å². The zero-order valence-corrected chi connectivity index (χ0v) is 21.2. The first-order chi connectivity index (χ1) is 18.2. The van der Waals surface area contributed by atoms with Gasteiger partial charge in [0.1, 0.15) is 11.2 Å². The van der Waals surface area contributed by atoms with Crippen LogP contribution in [-0.2, 0) is 6.42 Å². The molecule has 180 valence electrons. The van der Waals surface area contributed by atoms with E-state index in [1.807, 2.05) is 12.1 Å². The topological polar surface area (TPSA) is 25.2 Å². The minimum Gasteiger partial charge on any atom is -0.456 e. The van der Waals surface area contributed by atoms with Crippen LogP contribution in [0.2, 0.25) is 0 Å². The maximum absolute atomic E-state index is 5.98. The molecule has 0 amide bonds. The fourth-order valence-electron chi connectivity index (χ4n) is 5.09. The summed E-state index contributed by atoms with van der Waals surface area (Å²) >= 11 is 0. The molecule has 1 N–H and O–H groups in total. The molecule has 6 rings (SSSR count). The predicted molar refractivity (Wildman–Crippen MR) is 158 cm³/mol. The highest BCUT2D eigenvalue weighted by Crippen LogP contribution is 2.33. The lowest BCUT2D eigenvalue weighted by molar-refractivity contribution is 0.669. The van der Waals surface area contributed by atoms with Crippen molar-refractivity contribution in [2.24, 2.45) is 0 Å². The Hall–Kier alpha value is -4.56. The number of hydrogen-bond donors (Lipinski definition) is 1. The summed E-state index contributed by atoms with van der Waals surface area (Å²) in [5.74, 6) is 0. The van der Waals surface area contributed by atoms with Crippen LogP contribution < -0.4 is 5.32 Å². The van der Waals surface area contributed by atoms with E-state index >= 15 is 0 Å². The van der Waals surface area contributed by atoms with Crippen LogP contribution in [-0.4, -0.2) is 0 Å². The van der Waals surface area contributed by atoms with Gasteiger partial charge in [-0.15, -0.1) is 0 Å². The van der Waals surface area contributed by atoms with E-state index in [4.69, 9.17) is 4.42 Å². The van der Waals surface area contributed by atoms with Crippen molar-refractivity contribution in [2.75, 3.05) is 5.32 Å². The molecule has 0 fully saturated rings. The summed E-state index contributed by atoms with van der Waals surface area (Å²) in [5.41, 5.74) is 11.5. The molecule has 37 heavy (non-hydrogen) atoms. The van der Waals surface area contributed by atoms with Gasteiger partial charge in [-0.2, -0.15) is 0 Å². The number of nitrogens with one attached hydrogen (secondary N) is 1. The minimum absolute atomic E-state index is 0.922. The number of anilines is 2. The predicted octanol–water partition coefficient (Wildman–Crippen LogP) is 10.3. The maximum atomic E-state index is 5.98. The van der Waals surface area contributed by atoms with E-state index in [1.54, 1.807) is 0 Å². The van der Waals surface area contributed by atoms with Crippen LogP contribution in [0.4, 0.5) is 11.4 Å². The van der Waals surface area contributed by atoms with Crippen molar-refractivity contribution < 1.29 is 4.42 Å². The second kappa shape index (κ2) is 9.83. The molecule has 0 aliphatic rings. The summed E-state index contributed by atoms with van der Waals surface area (Å²) in [6.45, 7) is 4.29. The highest BCUT2D eigenvalue weighted by Gasteiger charge is 2.09. The molecule has 0 unspecified atom stereocenters. The monoisotopic (exact) mass is 479 g/mol. The zero-order valence-electron chi connectivity index (χ0n) is 21.2. The molecule has 2 heteroatoms. The molecule has 0 saturated heterocycles. The van der Waals surface area contributed by atoms with Gasteiger partial charge >= 0.3 is 0 Å². The lowest BCUT2D eigenvalue weighted by Gasteiger charge is -2.13. The van der Waals surface area contributed by atoms with Gasteiger partial charge in [-0.25, -0.2) is 0 Å². The standard InChI is InChI=1S/C35H29NO/c1-3-8-30-24(4-2)9-7-11-31(30)26-15-20-29(21-16-26)36-28-18-13-25(14-19-28)27-17-22-35-33(23-27)32-10-5-6-12-34(32)37-35/h3,5-23,36H,4H2,1-2H3/b8-3-. The van der Waals surface area contributed by atoms with Gasteiger partial charge in [-0.1, -0.05) is 85.8 Å². The summed E-state index contributed by atoms with van der Waals surface area (Å²) < 4.78 is 5.98. The Morgan fingerprint density at radius 3 is 2.05 bits per heavy atom. The first-order valence-electron chi connectivity index (χ1n) is 12.9. The van der Waals surface area contributed by atoms with E-state index in [0.717, 1.165) is 39.7 Å². The highest BCUT2D eigenvalue weighted by atomic mass is 16.3. The smallest absolute Gasteiger partial charge is 0.135 e. The minimum atomic E-state index is 0.922. The number of benzene rings is 5. The van der Waals surface area contributed by atoms with Crippen molar-refractivity contribution in [3.8, 4) is 22.3 Å². The molecular weight excluding hydrogens is 450 g/mol. The Balaban J connectivity index is 1.22. The number of aryl methyl sites for hydroxylation is 1. The number of rotatable bonds is 6. The Labute approximate surface area is 217 Å². The van der Waals surface area contributed by atoms with E-state index in [9.17, 15) is 0 Å². The van der Waals surface area contributed by atoms with Crippen LogP contribution in [0.25, 0.3) is 50.3 Å². The van der Waals surface area contributed by atoms with Crippen molar-refractivity contribution >= 4 is 39.4 Å². The average molecular weight is 480 g/mol. The molecule has 1 aromatic heterocycles. The first kappa shape index (κ1) is 22.9. The van der Waals surface area contributed by atoms with Crippen LogP contribution in [0.15, 0.2) is 120 Å². The second-order valence-corrected chi connectivity index (χ2v) is 9.32. The summed E-state index contributed by atoms with van der Waals surface area (Å²) in [4.78, 5) is 0. The van der Waals surface area contributed by atoms with Gasteiger partial charge in [-0.3, -0.25) is 0 Å². The maximum Gasteiger partial charge on any atom is 0.135 e. The molecule has 0 radical (unpaired) electrons. The highest BCUT2D eigenvalue weighted by molar-refractivity contribution is 6.06. The van der Waals surface area contributed by atoms with Crippen molar-refractivity contribution in [1.29, 1.82) is 0 Å². The van der Waals surface area contributed by atoms with E-state index in [-0.39, 0.29) is 0 Å². The van der Waals surface area contributed by atoms with E-state index < -0.39 is 0 Å². The number of allylic oxidation sites excluding steroid dienone is 1. The molecule has 1 heterocycles. The van der Waals surface area contributed by atoms with Gasteiger partial charge < -0.3 is 9.73 Å². The SMILES string of the molecule is C/C=C\c1c(CC)cccc1-c1ccc(Nc2ccc(-c3ccc4oc5ccccc5c4c3)cc2)cc1. The van der Waals surface area contributed by atoms with E-state index in [2.05, 4.69) is 128 Å². The lowest BCUT2D eigenvalue weighted by atomic mass is 9.94. The van der Waals surface area contributed by atoms with E-state index in [1.165, 1.54) is 33.4 Å². The van der Waals surface area contributed by atoms with Crippen molar-refractivity contribution in [3.63, 3.8) is 0 Å². The Morgan fingerprint density at radius 1 is 0.649 bits per heavy atom. The largest absolute Gasteiger partial charge is 0.456 e. The fraction of sp³-hybridized carbons (Fsp3) is 0.0857. The molecule has 0 aliphatic carbocycles. The third kappa shape index (κ3) is 4.43. The van der Waals surface area contributed by atoms with Gasteiger partial charge in [0.25, 0.3) is 0 Å². The average Bonchev–Trinajstić information content (AvgIpc) is 3.32. The molecule has 0 spiro atoms. The number of hydrogen-bond acceptors (Lipinski definition) is 2. The molecular formula is C35H29NO. The fourth-order valence-corrected chi connectivity index (χ4v) is 5.09. The Bertz CT molecular complexity index is 1720. The van der Waals surface area contributed by atoms with Gasteiger partial charge in [0.15, 0.2) is 0 Å². The van der Waals surface area contributed by atoms with Crippen LogP contribution in [0.5, 0.6) is 0 Å². The molecule has 0 bridgehead atoms. The Kier molecular flexibility index (Phi) is 6.08. The lowest BCUT2D eigenvalue weighted by Crippen LogP contribution is -1.93. The number of fused-ring (bicyclic) bond motifs is 3. The van der Waals surface area contributed by atoms with Gasteiger partial charge in [0.05, 0.1) is 0 Å². The van der Waals surface area contributed by atoms with Gasteiger partial charge in [0, 0.05) is 22.1 Å². The van der Waals surface area contributed by atoms with Crippen LogP contribution >= 0.6 is 0 Å². The van der Waals surface area contributed by atoms with Crippen LogP contribution in [0.1, 0.15) is 25.0 Å². The van der Waals surface area contributed by atoms with Crippen molar-refractivity contribution in [3.05, 3.63) is 126 Å². The second-order valence-electron chi connectivity index (χ2n) is 9.32. The van der Waals surface area contributed by atoms with E-state index in [0.29, 0.717) is 0 Å².